The monoisotopic (exact) mass is 281 g/mol. The van der Waals surface area contributed by atoms with Crippen LogP contribution < -0.4 is 10.1 Å². The van der Waals surface area contributed by atoms with Crippen LogP contribution in [-0.2, 0) is 0 Å². The Morgan fingerprint density at radius 1 is 1.00 bits per heavy atom. The van der Waals surface area contributed by atoms with Gasteiger partial charge < -0.3 is 10.1 Å². The highest BCUT2D eigenvalue weighted by Crippen LogP contribution is 2.30. The van der Waals surface area contributed by atoms with Gasteiger partial charge in [-0.1, -0.05) is 17.8 Å². The fourth-order valence-corrected chi connectivity index (χ4v) is 2.37. The Labute approximate surface area is 118 Å². The van der Waals surface area contributed by atoms with Crippen molar-refractivity contribution in [2.24, 2.45) is 0 Å². The topological polar surface area (TPSA) is 21.3 Å². The third kappa shape index (κ3) is 3.86. The van der Waals surface area contributed by atoms with Gasteiger partial charge in [0, 0.05) is 22.5 Å². The molecular weight excluding hydrogens is 266 g/mol. The van der Waals surface area contributed by atoms with Crippen molar-refractivity contribution in [3.8, 4) is 5.75 Å². The van der Waals surface area contributed by atoms with Crippen molar-refractivity contribution in [3.63, 3.8) is 0 Å². The lowest BCUT2D eigenvalue weighted by atomic mass is 10.3. The minimum atomic E-state index is 0. The summed E-state index contributed by atoms with van der Waals surface area (Å²) >= 11 is 1.74. The highest BCUT2D eigenvalue weighted by molar-refractivity contribution is 7.99. The molecule has 18 heavy (non-hydrogen) atoms. The largest absolute Gasteiger partial charge is 0.497 e. The summed E-state index contributed by atoms with van der Waals surface area (Å²) in [5, 5.41) is 3.14. The second-order valence-corrected chi connectivity index (χ2v) is 4.70. The van der Waals surface area contributed by atoms with Crippen LogP contribution in [0, 0.1) is 0 Å². The van der Waals surface area contributed by atoms with E-state index < -0.39 is 0 Å². The van der Waals surface area contributed by atoms with Crippen molar-refractivity contribution in [1.29, 1.82) is 0 Å². The third-order valence-electron chi connectivity index (χ3n) is 2.42. The van der Waals surface area contributed by atoms with Gasteiger partial charge in [0.2, 0.25) is 0 Å². The predicted molar refractivity (Wildman–Crippen MR) is 80.4 cm³/mol. The molecule has 4 heteroatoms. The van der Waals surface area contributed by atoms with Crippen LogP contribution in [0.2, 0.25) is 0 Å². The number of methoxy groups -OCH3 is 1. The van der Waals surface area contributed by atoms with E-state index in [1.54, 1.807) is 18.9 Å². The lowest BCUT2D eigenvalue weighted by molar-refractivity contribution is 0.414. The standard InChI is InChI=1S/C14H15NOS.ClH/c1-15-11-4-3-5-14(10-11)17-13-8-6-12(16-2)7-9-13;/h3-10,15H,1-2H3;1H. The summed E-state index contributed by atoms with van der Waals surface area (Å²) < 4.78 is 5.14. The summed E-state index contributed by atoms with van der Waals surface area (Å²) in [5.74, 6) is 0.887. The van der Waals surface area contributed by atoms with Crippen LogP contribution in [0.1, 0.15) is 0 Å². The van der Waals surface area contributed by atoms with Gasteiger partial charge in [0.1, 0.15) is 5.75 Å². The van der Waals surface area contributed by atoms with Gasteiger partial charge in [-0.3, -0.25) is 0 Å². The maximum absolute atomic E-state index is 5.14. The summed E-state index contributed by atoms with van der Waals surface area (Å²) in [4.78, 5) is 2.43. The van der Waals surface area contributed by atoms with Gasteiger partial charge in [-0.25, -0.2) is 0 Å². The van der Waals surface area contributed by atoms with Crippen molar-refractivity contribution in [1.82, 2.24) is 0 Å². The van der Waals surface area contributed by atoms with Crippen LogP contribution in [0.15, 0.2) is 58.3 Å². The first kappa shape index (κ1) is 14.7. The average Bonchev–Trinajstić information content (AvgIpc) is 2.40. The Morgan fingerprint density at radius 2 is 1.72 bits per heavy atom. The predicted octanol–water partition coefficient (Wildman–Crippen LogP) is 4.31. The van der Waals surface area contributed by atoms with Gasteiger partial charge in [0.15, 0.2) is 0 Å². The molecule has 2 aromatic rings. The zero-order valence-electron chi connectivity index (χ0n) is 10.3. The van der Waals surface area contributed by atoms with Crippen molar-refractivity contribution >= 4 is 29.9 Å². The van der Waals surface area contributed by atoms with E-state index in [0.29, 0.717) is 0 Å². The summed E-state index contributed by atoms with van der Waals surface area (Å²) in [7, 11) is 3.61. The zero-order chi connectivity index (χ0) is 12.1. The number of nitrogens with one attached hydrogen (secondary N) is 1. The van der Waals surface area contributed by atoms with Crippen molar-refractivity contribution in [2.45, 2.75) is 9.79 Å². The molecule has 0 bridgehead atoms. The molecule has 0 saturated heterocycles. The smallest absolute Gasteiger partial charge is 0.118 e. The molecule has 0 atom stereocenters. The lowest BCUT2D eigenvalue weighted by Crippen LogP contribution is -1.86. The molecule has 0 unspecified atom stereocenters. The van der Waals surface area contributed by atoms with Crippen LogP contribution in [0.5, 0.6) is 5.75 Å². The summed E-state index contributed by atoms with van der Waals surface area (Å²) in [6.45, 7) is 0. The van der Waals surface area contributed by atoms with Crippen LogP contribution in [0.4, 0.5) is 5.69 Å². The Kier molecular flexibility index (Phi) is 5.89. The Hall–Kier alpha value is -1.32. The molecule has 0 radical (unpaired) electrons. The van der Waals surface area contributed by atoms with Gasteiger partial charge in [0.05, 0.1) is 7.11 Å². The second-order valence-electron chi connectivity index (χ2n) is 3.56. The number of ether oxygens (including phenoxy) is 1. The molecule has 96 valence electrons. The van der Waals surface area contributed by atoms with Gasteiger partial charge >= 0.3 is 0 Å². The molecule has 0 aliphatic carbocycles. The Balaban J connectivity index is 0.00000162. The van der Waals surface area contributed by atoms with Crippen LogP contribution in [-0.4, -0.2) is 14.2 Å². The van der Waals surface area contributed by atoms with Crippen LogP contribution in [0.3, 0.4) is 0 Å². The number of halogens is 1. The first-order valence-electron chi connectivity index (χ1n) is 5.41. The molecule has 2 aromatic carbocycles. The minimum absolute atomic E-state index is 0. The molecule has 0 fully saturated rings. The maximum Gasteiger partial charge on any atom is 0.118 e. The number of anilines is 1. The Morgan fingerprint density at radius 3 is 2.33 bits per heavy atom. The molecule has 0 heterocycles. The van der Waals surface area contributed by atoms with Gasteiger partial charge in [-0.05, 0) is 42.5 Å². The molecule has 0 saturated carbocycles. The summed E-state index contributed by atoms with van der Waals surface area (Å²) in [5.41, 5.74) is 1.13. The molecule has 0 amide bonds. The average molecular weight is 282 g/mol. The van der Waals surface area contributed by atoms with Crippen molar-refractivity contribution in [2.75, 3.05) is 19.5 Å². The number of hydrogen-bond donors (Lipinski definition) is 1. The van der Waals surface area contributed by atoms with Gasteiger partial charge in [-0.2, -0.15) is 0 Å². The Bertz CT molecular complexity index is 487. The van der Waals surface area contributed by atoms with Crippen molar-refractivity contribution in [3.05, 3.63) is 48.5 Å². The quantitative estimate of drug-likeness (QED) is 0.902. The molecular formula is C14H16ClNOS. The summed E-state index contributed by atoms with van der Waals surface area (Å²) in [6.07, 6.45) is 0. The summed E-state index contributed by atoms with van der Waals surface area (Å²) in [6, 6.07) is 16.4. The molecule has 0 spiro atoms. The number of hydrogen-bond acceptors (Lipinski definition) is 3. The van der Waals surface area contributed by atoms with E-state index in [1.807, 2.05) is 19.2 Å². The van der Waals surface area contributed by atoms with E-state index in [-0.39, 0.29) is 12.4 Å². The van der Waals surface area contributed by atoms with E-state index in [2.05, 4.69) is 41.7 Å². The zero-order valence-corrected chi connectivity index (χ0v) is 12.0. The molecule has 0 aliphatic heterocycles. The van der Waals surface area contributed by atoms with E-state index in [4.69, 9.17) is 4.74 Å². The van der Waals surface area contributed by atoms with Crippen LogP contribution >= 0.6 is 24.2 Å². The lowest BCUT2D eigenvalue weighted by Gasteiger charge is -2.05. The molecule has 2 nitrogen and oxygen atoms in total. The fourth-order valence-electron chi connectivity index (χ4n) is 1.49. The first-order valence-corrected chi connectivity index (χ1v) is 6.23. The normalized spacial score (nSPS) is 9.44. The van der Waals surface area contributed by atoms with E-state index >= 15 is 0 Å². The van der Waals surface area contributed by atoms with Crippen molar-refractivity contribution < 1.29 is 4.74 Å². The first-order chi connectivity index (χ1) is 8.31. The third-order valence-corrected chi connectivity index (χ3v) is 3.42. The molecule has 0 aliphatic rings. The highest BCUT2D eigenvalue weighted by atomic mass is 35.5. The molecule has 2 rings (SSSR count). The van der Waals surface area contributed by atoms with E-state index in [0.717, 1.165) is 11.4 Å². The SMILES string of the molecule is CNc1cccc(Sc2ccc(OC)cc2)c1.Cl. The maximum atomic E-state index is 5.14. The van der Waals surface area contributed by atoms with E-state index in [1.165, 1.54) is 9.79 Å². The number of benzene rings is 2. The number of rotatable bonds is 4. The molecule has 0 aromatic heterocycles. The fraction of sp³-hybridized carbons (Fsp3) is 0.143. The highest BCUT2D eigenvalue weighted by Gasteiger charge is 1.99. The minimum Gasteiger partial charge on any atom is -0.497 e. The van der Waals surface area contributed by atoms with Crippen LogP contribution in [0.25, 0.3) is 0 Å². The van der Waals surface area contributed by atoms with E-state index in [9.17, 15) is 0 Å². The van der Waals surface area contributed by atoms with Gasteiger partial charge in [-0.15, -0.1) is 12.4 Å². The second kappa shape index (κ2) is 7.19. The van der Waals surface area contributed by atoms with Gasteiger partial charge in [0.25, 0.3) is 0 Å². The molecule has 1 N–H and O–H groups in total.